The zero-order chi connectivity index (χ0) is 14.0. The van der Waals surface area contributed by atoms with Crippen LogP contribution in [-0.2, 0) is 11.3 Å². The molecule has 0 aromatic heterocycles. The first-order chi connectivity index (χ1) is 9.01. The number of nitrogens with zero attached hydrogens (tertiary/aromatic N) is 2. The molecule has 0 amide bonds. The van der Waals surface area contributed by atoms with Gasteiger partial charge in [0.1, 0.15) is 11.9 Å². The maximum absolute atomic E-state index is 13.2. The molecule has 0 spiro atoms. The molecule has 0 saturated carbocycles. The van der Waals surface area contributed by atoms with E-state index >= 15 is 0 Å². The molecule has 1 aromatic carbocycles. The minimum atomic E-state index is -0.766. The fourth-order valence-corrected chi connectivity index (χ4v) is 2.27. The smallest absolute Gasteiger partial charge is 0.306 e. The molecule has 100 valence electrons. The summed E-state index contributed by atoms with van der Waals surface area (Å²) in [5.74, 6) is -1.43. The normalized spacial score (nSPS) is 17.5. The lowest BCUT2D eigenvalue weighted by molar-refractivity contribution is -0.145. The van der Waals surface area contributed by atoms with Gasteiger partial charge in [-0.1, -0.05) is 13.0 Å². The van der Waals surface area contributed by atoms with Crippen LogP contribution in [0.25, 0.3) is 0 Å². The molecule has 1 atom stereocenters. The molecule has 1 aliphatic rings. The first kappa shape index (κ1) is 13.5. The number of benzene rings is 1. The molecule has 5 heteroatoms. The predicted octanol–water partition coefficient (Wildman–Crippen LogP) is 1.85. The minimum absolute atomic E-state index is 0.0495. The second kappa shape index (κ2) is 5.37. The Hall–Kier alpha value is -1.93. The van der Waals surface area contributed by atoms with Gasteiger partial charge in [0.05, 0.1) is 11.5 Å². The number of carboxylic acids is 1. The van der Waals surface area contributed by atoms with E-state index in [2.05, 4.69) is 4.90 Å². The molecule has 1 N–H and O–H groups in total. The highest BCUT2D eigenvalue weighted by Gasteiger charge is 2.34. The maximum Gasteiger partial charge on any atom is 0.306 e. The number of carbonyl (C=O) groups is 1. The summed E-state index contributed by atoms with van der Waals surface area (Å²) in [4.78, 5) is 12.9. The Bertz CT molecular complexity index is 533. The van der Waals surface area contributed by atoms with Crippen LogP contribution >= 0.6 is 0 Å². The molecule has 19 heavy (non-hydrogen) atoms. The topological polar surface area (TPSA) is 64.3 Å². The molecular weight excluding hydrogens is 247 g/mol. The Morgan fingerprint density at radius 1 is 1.63 bits per heavy atom. The number of likely N-dealkylation sites (tertiary alicyclic amines) is 1. The summed E-state index contributed by atoms with van der Waals surface area (Å²) in [7, 11) is 0. The van der Waals surface area contributed by atoms with Gasteiger partial charge in [-0.3, -0.25) is 9.69 Å². The van der Waals surface area contributed by atoms with E-state index in [9.17, 15) is 9.18 Å². The average molecular weight is 262 g/mol. The standard InChI is InChI=1S/C14H15FN2O2/c1-9(14(18)19)12-7-17(8-12)6-10-2-3-13(15)11(4-10)5-16/h2-4,9,12H,6-8H2,1H3,(H,18,19). The van der Waals surface area contributed by atoms with E-state index in [1.807, 2.05) is 6.07 Å². The second-order valence-corrected chi connectivity index (χ2v) is 5.01. The zero-order valence-corrected chi connectivity index (χ0v) is 10.6. The van der Waals surface area contributed by atoms with Crippen LogP contribution in [0.3, 0.4) is 0 Å². The van der Waals surface area contributed by atoms with E-state index in [1.165, 1.54) is 6.07 Å². The Balaban J connectivity index is 1.91. The summed E-state index contributed by atoms with van der Waals surface area (Å²) < 4.78 is 13.2. The van der Waals surface area contributed by atoms with E-state index < -0.39 is 11.8 Å². The van der Waals surface area contributed by atoms with Gasteiger partial charge in [0.15, 0.2) is 0 Å². The third-order valence-corrected chi connectivity index (χ3v) is 3.64. The number of hydrogen-bond acceptors (Lipinski definition) is 3. The first-order valence-corrected chi connectivity index (χ1v) is 6.15. The lowest BCUT2D eigenvalue weighted by Crippen LogP contribution is -2.50. The summed E-state index contributed by atoms with van der Waals surface area (Å²) in [6.07, 6.45) is 0. The van der Waals surface area contributed by atoms with Crippen molar-refractivity contribution >= 4 is 5.97 Å². The van der Waals surface area contributed by atoms with Gasteiger partial charge in [0.2, 0.25) is 0 Å². The Morgan fingerprint density at radius 3 is 2.89 bits per heavy atom. The van der Waals surface area contributed by atoms with Crippen LogP contribution in [0.5, 0.6) is 0 Å². The lowest BCUT2D eigenvalue weighted by Gasteiger charge is -2.41. The molecule has 1 aromatic rings. The van der Waals surface area contributed by atoms with Crippen molar-refractivity contribution in [2.45, 2.75) is 13.5 Å². The van der Waals surface area contributed by atoms with E-state index in [-0.39, 0.29) is 17.4 Å². The van der Waals surface area contributed by atoms with Gasteiger partial charge in [-0.05, 0) is 23.6 Å². The highest BCUT2D eigenvalue weighted by atomic mass is 19.1. The van der Waals surface area contributed by atoms with E-state index in [1.54, 1.807) is 19.1 Å². The SMILES string of the molecule is CC(C(=O)O)C1CN(Cc2ccc(F)c(C#N)c2)C1. The van der Waals surface area contributed by atoms with Crippen molar-refractivity contribution in [1.82, 2.24) is 4.90 Å². The number of carboxylic acid groups (broad SMARTS) is 1. The van der Waals surface area contributed by atoms with Crippen LogP contribution in [-0.4, -0.2) is 29.1 Å². The van der Waals surface area contributed by atoms with Crippen LogP contribution in [0.1, 0.15) is 18.1 Å². The van der Waals surface area contributed by atoms with Gasteiger partial charge >= 0.3 is 5.97 Å². The van der Waals surface area contributed by atoms with Crippen LogP contribution < -0.4 is 0 Å². The van der Waals surface area contributed by atoms with Crippen molar-refractivity contribution in [3.05, 3.63) is 35.1 Å². The van der Waals surface area contributed by atoms with Crippen molar-refractivity contribution in [2.24, 2.45) is 11.8 Å². The van der Waals surface area contributed by atoms with Gasteiger partial charge in [0, 0.05) is 19.6 Å². The largest absolute Gasteiger partial charge is 0.481 e. The fourth-order valence-electron chi connectivity index (χ4n) is 2.27. The highest BCUT2D eigenvalue weighted by Crippen LogP contribution is 2.26. The summed E-state index contributed by atoms with van der Waals surface area (Å²) in [5, 5.41) is 17.7. The molecule has 2 rings (SSSR count). The molecule has 0 bridgehead atoms. The number of halogens is 1. The fraction of sp³-hybridized carbons (Fsp3) is 0.429. The van der Waals surface area contributed by atoms with Crippen molar-refractivity contribution in [3.63, 3.8) is 0 Å². The van der Waals surface area contributed by atoms with Crippen molar-refractivity contribution < 1.29 is 14.3 Å². The third-order valence-electron chi connectivity index (χ3n) is 3.64. The molecule has 1 saturated heterocycles. The van der Waals surface area contributed by atoms with E-state index in [0.29, 0.717) is 6.54 Å². The average Bonchev–Trinajstić information content (AvgIpc) is 2.34. The minimum Gasteiger partial charge on any atom is -0.481 e. The summed E-state index contributed by atoms with van der Waals surface area (Å²) in [6.45, 7) is 3.80. The monoisotopic (exact) mass is 262 g/mol. The molecule has 1 fully saturated rings. The van der Waals surface area contributed by atoms with Crippen LogP contribution in [0.2, 0.25) is 0 Å². The summed E-state index contributed by atoms with van der Waals surface area (Å²) >= 11 is 0. The van der Waals surface area contributed by atoms with Gasteiger partial charge in [0.25, 0.3) is 0 Å². The molecule has 4 nitrogen and oxygen atoms in total. The zero-order valence-electron chi connectivity index (χ0n) is 10.6. The molecule has 1 aliphatic heterocycles. The maximum atomic E-state index is 13.2. The van der Waals surface area contributed by atoms with E-state index in [4.69, 9.17) is 10.4 Å². The van der Waals surface area contributed by atoms with Gasteiger partial charge in [-0.2, -0.15) is 5.26 Å². The molecule has 0 aliphatic carbocycles. The van der Waals surface area contributed by atoms with Crippen LogP contribution in [0.4, 0.5) is 4.39 Å². The lowest BCUT2D eigenvalue weighted by atomic mass is 9.87. The number of nitriles is 1. The van der Waals surface area contributed by atoms with Crippen LogP contribution in [0.15, 0.2) is 18.2 Å². The Labute approximate surface area is 111 Å². The quantitative estimate of drug-likeness (QED) is 0.899. The van der Waals surface area contributed by atoms with Gasteiger partial charge in [-0.25, -0.2) is 4.39 Å². The van der Waals surface area contributed by atoms with E-state index in [0.717, 1.165) is 18.7 Å². The highest BCUT2D eigenvalue weighted by molar-refractivity contribution is 5.70. The molecule has 0 radical (unpaired) electrons. The Morgan fingerprint density at radius 2 is 2.32 bits per heavy atom. The second-order valence-electron chi connectivity index (χ2n) is 5.01. The summed E-state index contributed by atoms with van der Waals surface area (Å²) in [6, 6.07) is 6.31. The van der Waals surface area contributed by atoms with Crippen LogP contribution in [0, 0.1) is 29.0 Å². The molecule has 1 unspecified atom stereocenters. The number of aliphatic carboxylic acids is 1. The van der Waals surface area contributed by atoms with Crippen molar-refractivity contribution in [2.75, 3.05) is 13.1 Å². The van der Waals surface area contributed by atoms with Gasteiger partial charge in [-0.15, -0.1) is 0 Å². The number of hydrogen-bond donors (Lipinski definition) is 1. The Kier molecular flexibility index (Phi) is 3.82. The number of rotatable bonds is 4. The summed E-state index contributed by atoms with van der Waals surface area (Å²) in [5.41, 5.74) is 0.924. The van der Waals surface area contributed by atoms with Crippen molar-refractivity contribution in [1.29, 1.82) is 5.26 Å². The third kappa shape index (κ3) is 2.91. The molecule has 1 heterocycles. The molecular formula is C14H15FN2O2. The van der Waals surface area contributed by atoms with Gasteiger partial charge < -0.3 is 5.11 Å². The first-order valence-electron chi connectivity index (χ1n) is 6.15. The van der Waals surface area contributed by atoms with Crippen molar-refractivity contribution in [3.8, 4) is 6.07 Å². The predicted molar refractivity (Wildman–Crippen MR) is 66.7 cm³/mol.